The van der Waals surface area contributed by atoms with Crippen LogP contribution in [0.4, 0.5) is 5.69 Å². The van der Waals surface area contributed by atoms with E-state index in [0.717, 1.165) is 22.3 Å². The van der Waals surface area contributed by atoms with Crippen LogP contribution in [0.3, 0.4) is 0 Å². The van der Waals surface area contributed by atoms with Crippen molar-refractivity contribution in [2.75, 3.05) is 11.1 Å². The molecule has 0 spiro atoms. The zero-order valence-corrected chi connectivity index (χ0v) is 16.1. The Hall–Kier alpha value is -2.57. The Bertz CT molecular complexity index is 1130. The first-order valence-electron chi connectivity index (χ1n) is 8.50. The first kappa shape index (κ1) is 17.8. The zero-order chi connectivity index (χ0) is 18.8. The number of amides is 1. The van der Waals surface area contributed by atoms with E-state index >= 15 is 0 Å². The van der Waals surface area contributed by atoms with Crippen molar-refractivity contribution in [2.45, 2.75) is 18.4 Å². The molecular formula is C20H16ClN3O2S. The number of thioether (sulfide) groups is 1. The molecule has 0 saturated heterocycles. The van der Waals surface area contributed by atoms with Crippen LogP contribution >= 0.6 is 23.4 Å². The molecular weight excluding hydrogens is 382 g/mol. The summed E-state index contributed by atoms with van der Waals surface area (Å²) in [6.45, 7) is 2.01. The summed E-state index contributed by atoms with van der Waals surface area (Å²) in [6, 6.07) is 14.8. The van der Waals surface area contributed by atoms with Crippen LogP contribution in [0.5, 0.6) is 0 Å². The fourth-order valence-electron chi connectivity index (χ4n) is 2.73. The normalized spacial score (nSPS) is 11.2. The number of nitrogens with one attached hydrogen (secondary N) is 1. The number of anilines is 1. The van der Waals surface area contributed by atoms with Crippen LogP contribution < -0.4 is 5.32 Å². The van der Waals surface area contributed by atoms with Gasteiger partial charge >= 0.3 is 0 Å². The Morgan fingerprint density at radius 3 is 2.70 bits per heavy atom. The minimum Gasteiger partial charge on any atom is -0.451 e. The van der Waals surface area contributed by atoms with E-state index in [1.807, 2.05) is 31.2 Å². The maximum Gasteiger partial charge on any atom is 0.234 e. The van der Waals surface area contributed by atoms with Crippen molar-refractivity contribution in [1.82, 2.24) is 9.97 Å². The molecule has 0 radical (unpaired) electrons. The van der Waals surface area contributed by atoms with E-state index in [4.69, 9.17) is 16.0 Å². The molecule has 136 valence electrons. The number of para-hydroxylation sites is 1. The van der Waals surface area contributed by atoms with Gasteiger partial charge in [-0.3, -0.25) is 4.79 Å². The van der Waals surface area contributed by atoms with E-state index < -0.39 is 0 Å². The number of aryl methyl sites for hydroxylation is 1. The summed E-state index contributed by atoms with van der Waals surface area (Å²) in [7, 11) is 0. The molecule has 7 heteroatoms. The summed E-state index contributed by atoms with van der Waals surface area (Å²) in [4.78, 5) is 21.5. The predicted octanol–water partition coefficient (Wildman–Crippen LogP) is 5.32. The number of hydrogen-bond acceptors (Lipinski definition) is 5. The SMILES string of the molecule is CCc1nc(SCC(=O)Nc2ccc(Cl)cc2)c2oc3ccccc3c2n1. The maximum atomic E-state index is 12.3. The van der Waals surface area contributed by atoms with E-state index in [0.29, 0.717) is 27.7 Å². The highest BCUT2D eigenvalue weighted by Crippen LogP contribution is 2.33. The van der Waals surface area contributed by atoms with Crippen molar-refractivity contribution >= 4 is 57.0 Å². The lowest BCUT2D eigenvalue weighted by molar-refractivity contribution is -0.113. The third-order valence-corrected chi connectivity index (χ3v) is 5.23. The van der Waals surface area contributed by atoms with Gasteiger partial charge in [0.15, 0.2) is 5.58 Å². The molecule has 0 aliphatic carbocycles. The van der Waals surface area contributed by atoms with Crippen molar-refractivity contribution in [1.29, 1.82) is 0 Å². The second kappa shape index (κ2) is 7.58. The predicted molar refractivity (Wildman–Crippen MR) is 109 cm³/mol. The largest absolute Gasteiger partial charge is 0.451 e. The van der Waals surface area contributed by atoms with Crippen LogP contribution in [0.1, 0.15) is 12.7 Å². The van der Waals surface area contributed by atoms with Crippen molar-refractivity contribution in [3.8, 4) is 0 Å². The lowest BCUT2D eigenvalue weighted by Crippen LogP contribution is -2.14. The molecule has 0 bridgehead atoms. The summed E-state index contributed by atoms with van der Waals surface area (Å²) < 4.78 is 5.95. The average Bonchev–Trinajstić information content (AvgIpc) is 3.06. The number of benzene rings is 2. The van der Waals surface area contributed by atoms with Gasteiger partial charge in [0.2, 0.25) is 5.91 Å². The van der Waals surface area contributed by atoms with Gasteiger partial charge in [0.1, 0.15) is 22.0 Å². The summed E-state index contributed by atoms with van der Waals surface area (Å²) in [6.07, 6.45) is 0.708. The van der Waals surface area contributed by atoms with Crippen LogP contribution in [0.15, 0.2) is 58.0 Å². The molecule has 2 aromatic carbocycles. The van der Waals surface area contributed by atoms with Crippen molar-refractivity contribution in [3.05, 3.63) is 59.4 Å². The fourth-order valence-corrected chi connectivity index (χ4v) is 3.64. The van der Waals surface area contributed by atoms with Crippen molar-refractivity contribution in [3.63, 3.8) is 0 Å². The Morgan fingerprint density at radius 1 is 1.15 bits per heavy atom. The van der Waals surface area contributed by atoms with Crippen LogP contribution in [-0.2, 0) is 11.2 Å². The highest BCUT2D eigenvalue weighted by atomic mass is 35.5. The summed E-state index contributed by atoms with van der Waals surface area (Å²) in [5.74, 6) is 0.826. The molecule has 0 fully saturated rings. The molecule has 2 aromatic heterocycles. The second-order valence-corrected chi connectivity index (χ2v) is 7.32. The molecule has 1 amide bonds. The van der Waals surface area contributed by atoms with Gasteiger partial charge < -0.3 is 9.73 Å². The second-order valence-electron chi connectivity index (χ2n) is 5.92. The molecule has 4 aromatic rings. The molecule has 0 aliphatic rings. The molecule has 0 aliphatic heterocycles. The zero-order valence-electron chi connectivity index (χ0n) is 14.5. The summed E-state index contributed by atoms with van der Waals surface area (Å²) in [5.41, 5.74) is 2.88. The minimum atomic E-state index is -0.122. The summed E-state index contributed by atoms with van der Waals surface area (Å²) in [5, 5.41) is 5.11. The topological polar surface area (TPSA) is 68.0 Å². The maximum absolute atomic E-state index is 12.3. The number of furan rings is 1. The van der Waals surface area contributed by atoms with E-state index in [1.165, 1.54) is 11.8 Å². The van der Waals surface area contributed by atoms with Crippen LogP contribution in [0, 0.1) is 0 Å². The van der Waals surface area contributed by atoms with Crippen molar-refractivity contribution in [2.24, 2.45) is 0 Å². The van der Waals surface area contributed by atoms with Gasteiger partial charge in [-0.1, -0.05) is 42.4 Å². The molecule has 2 heterocycles. The van der Waals surface area contributed by atoms with E-state index in [9.17, 15) is 4.79 Å². The first-order valence-corrected chi connectivity index (χ1v) is 9.87. The van der Waals surface area contributed by atoms with E-state index in [-0.39, 0.29) is 11.7 Å². The lowest BCUT2D eigenvalue weighted by atomic mass is 10.2. The average molecular weight is 398 g/mol. The molecule has 0 atom stereocenters. The highest BCUT2D eigenvalue weighted by Gasteiger charge is 2.16. The van der Waals surface area contributed by atoms with Crippen LogP contribution in [-0.4, -0.2) is 21.6 Å². The molecule has 1 N–H and O–H groups in total. The lowest BCUT2D eigenvalue weighted by Gasteiger charge is -2.06. The van der Waals surface area contributed by atoms with E-state index in [1.54, 1.807) is 24.3 Å². The van der Waals surface area contributed by atoms with Gasteiger partial charge in [-0.2, -0.15) is 0 Å². The third-order valence-electron chi connectivity index (χ3n) is 4.02. The Morgan fingerprint density at radius 2 is 1.93 bits per heavy atom. The molecule has 4 rings (SSSR count). The first-order chi connectivity index (χ1) is 13.1. The number of rotatable bonds is 5. The minimum absolute atomic E-state index is 0.122. The standard InChI is InChI=1S/C20H16ClN3O2S/c1-2-16-23-18-14-5-3-4-6-15(14)26-19(18)20(24-16)27-11-17(25)22-13-9-7-12(21)8-10-13/h3-10H,2,11H2,1H3,(H,22,25). The smallest absolute Gasteiger partial charge is 0.234 e. The number of nitrogens with zero attached hydrogens (tertiary/aromatic N) is 2. The van der Waals surface area contributed by atoms with Gasteiger partial charge in [0.05, 0.1) is 5.75 Å². The summed E-state index contributed by atoms with van der Waals surface area (Å²) >= 11 is 7.21. The van der Waals surface area contributed by atoms with Crippen molar-refractivity contribution < 1.29 is 9.21 Å². The fraction of sp³-hybridized carbons (Fsp3) is 0.150. The van der Waals surface area contributed by atoms with Gasteiger partial charge in [-0.25, -0.2) is 9.97 Å². The Labute approximate surface area is 165 Å². The number of halogens is 1. The molecule has 27 heavy (non-hydrogen) atoms. The van der Waals surface area contributed by atoms with Gasteiger partial charge in [-0.05, 0) is 36.4 Å². The third kappa shape index (κ3) is 3.77. The number of carbonyl (C=O) groups excluding carboxylic acids is 1. The highest BCUT2D eigenvalue weighted by molar-refractivity contribution is 8.00. The number of hydrogen-bond donors (Lipinski definition) is 1. The number of fused-ring (bicyclic) bond motifs is 3. The van der Waals surface area contributed by atoms with Gasteiger partial charge in [0, 0.05) is 22.5 Å². The molecule has 0 saturated carbocycles. The Balaban J connectivity index is 1.59. The molecule has 0 unspecified atom stereocenters. The quantitative estimate of drug-likeness (QED) is 0.364. The van der Waals surface area contributed by atoms with Gasteiger partial charge in [0.25, 0.3) is 0 Å². The van der Waals surface area contributed by atoms with Crippen LogP contribution in [0.25, 0.3) is 22.1 Å². The van der Waals surface area contributed by atoms with E-state index in [2.05, 4.69) is 15.3 Å². The number of aromatic nitrogens is 2. The molecule has 5 nitrogen and oxygen atoms in total. The Kier molecular flexibility index (Phi) is 5.01. The monoisotopic (exact) mass is 397 g/mol. The number of carbonyl (C=O) groups is 1. The van der Waals surface area contributed by atoms with Gasteiger partial charge in [-0.15, -0.1) is 0 Å². The van der Waals surface area contributed by atoms with Crippen LogP contribution in [0.2, 0.25) is 5.02 Å².